The van der Waals surface area contributed by atoms with Crippen molar-refractivity contribution in [2.45, 2.75) is 50.2 Å². The molecule has 2 fully saturated rings. The third-order valence-electron chi connectivity index (χ3n) is 5.73. The van der Waals surface area contributed by atoms with E-state index in [1.807, 2.05) is 0 Å². The first-order chi connectivity index (χ1) is 16.5. The molecule has 0 radical (unpaired) electrons. The lowest BCUT2D eigenvalue weighted by Gasteiger charge is -2.18. The molecule has 0 aliphatic heterocycles. The molecule has 2 aliphatic rings. The van der Waals surface area contributed by atoms with Crippen LogP contribution >= 0.6 is 0 Å². The van der Waals surface area contributed by atoms with E-state index >= 15 is 0 Å². The third kappa shape index (κ3) is 5.34. The van der Waals surface area contributed by atoms with Gasteiger partial charge in [-0.15, -0.1) is 0 Å². The molecule has 0 saturated heterocycles. The van der Waals surface area contributed by atoms with Crippen LogP contribution in [0.4, 0.5) is 11.5 Å². The minimum absolute atomic E-state index is 0.0186. The van der Waals surface area contributed by atoms with Crippen LogP contribution in [0.2, 0.25) is 0 Å². The van der Waals surface area contributed by atoms with Crippen molar-refractivity contribution in [1.29, 1.82) is 0 Å². The van der Waals surface area contributed by atoms with Gasteiger partial charge in [0.05, 0.1) is 47.8 Å². The Balaban J connectivity index is 1.54. The lowest BCUT2D eigenvalue weighted by Crippen LogP contribution is -2.45. The van der Waals surface area contributed by atoms with Gasteiger partial charge < -0.3 is 26.8 Å². The number of nitrogens with one attached hydrogen (secondary N) is 3. The monoisotopic (exact) mass is 465 g/mol. The number of nitrogens with zero attached hydrogens (tertiary/aromatic N) is 5. The molecular formula is C22H27N9O3. The molecule has 2 atom stereocenters. The molecule has 2 aromatic heterocycles. The Bertz CT molecular complexity index is 1120. The van der Waals surface area contributed by atoms with Crippen LogP contribution < -0.4 is 21.7 Å². The summed E-state index contributed by atoms with van der Waals surface area (Å²) in [6, 6.07) is -0.371. The maximum absolute atomic E-state index is 13.3. The van der Waals surface area contributed by atoms with Crippen molar-refractivity contribution in [2.24, 2.45) is 10.7 Å². The predicted molar refractivity (Wildman–Crippen MR) is 124 cm³/mol. The van der Waals surface area contributed by atoms with Crippen molar-refractivity contribution in [1.82, 2.24) is 30.6 Å². The first-order valence-corrected chi connectivity index (χ1v) is 11.1. The number of anilines is 2. The molecule has 2 amide bonds. The lowest BCUT2D eigenvalue weighted by molar-refractivity contribution is -0.116. The van der Waals surface area contributed by atoms with E-state index in [1.54, 1.807) is 18.6 Å². The standard InChI is InChI=1S/C22H27N9O3/c1-24-18(21(33)30-14-3-2-4-17(14)32)15(7-23)31-22(34)19-20(28-13-8-25-11-26-9-13)27-10-16(29-19)12-5-6-12/h7-12,14,17,32H,2-6,23H2,1H3,(H,27,28)(H,30,33)(H,31,34). The summed E-state index contributed by atoms with van der Waals surface area (Å²) in [4.78, 5) is 46.9. The Hall–Kier alpha value is -3.93. The van der Waals surface area contributed by atoms with Gasteiger partial charge in [-0.2, -0.15) is 0 Å². The van der Waals surface area contributed by atoms with Gasteiger partial charge in [0.15, 0.2) is 11.5 Å². The molecule has 0 spiro atoms. The van der Waals surface area contributed by atoms with Crippen molar-refractivity contribution in [3.8, 4) is 0 Å². The minimum Gasteiger partial charge on any atom is -0.403 e. The highest BCUT2D eigenvalue weighted by Crippen LogP contribution is 2.39. The van der Waals surface area contributed by atoms with E-state index in [1.165, 1.54) is 13.4 Å². The number of hydrogen-bond acceptors (Lipinski definition) is 10. The number of nitrogens with two attached hydrogens (primary N) is 1. The average molecular weight is 466 g/mol. The topological polar surface area (TPSA) is 180 Å². The number of aliphatic hydroxyl groups is 1. The number of aromatic nitrogens is 4. The van der Waals surface area contributed by atoms with Gasteiger partial charge in [-0.25, -0.2) is 19.9 Å². The van der Waals surface area contributed by atoms with Crippen molar-refractivity contribution in [2.75, 3.05) is 12.4 Å². The zero-order chi connectivity index (χ0) is 24.1. The summed E-state index contributed by atoms with van der Waals surface area (Å²) >= 11 is 0. The molecule has 12 heteroatoms. The number of carbonyl (C=O) groups excluding carboxylic acids is 2. The van der Waals surface area contributed by atoms with Gasteiger partial charge in [-0.1, -0.05) is 0 Å². The van der Waals surface area contributed by atoms with Crippen LogP contribution in [0.25, 0.3) is 0 Å². The summed E-state index contributed by atoms with van der Waals surface area (Å²) in [5, 5.41) is 18.4. The molecule has 2 heterocycles. The van der Waals surface area contributed by atoms with E-state index in [-0.39, 0.29) is 34.9 Å². The zero-order valence-electron chi connectivity index (χ0n) is 18.7. The Morgan fingerprint density at radius 3 is 2.56 bits per heavy atom. The second kappa shape index (κ2) is 10.3. The highest BCUT2D eigenvalue weighted by atomic mass is 16.3. The van der Waals surface area contributed by atoms with Gasteiger partial charge >= 0.3 is 0 Å². The largest absolute Gasteiger partial charge is 0.403 e. The van der Waals surface area contributed by atoms with E-state index in [0.717, 1.165) is 31.2 Å². The van der Waals surface area contributed by atoms with Gasteiger partial charge in [-0.05, 0) is 32.1 Å². The molecule has 34 heavy (non-hydrogen) atoms. The van der Waals surface area contributed by atoms with Gasteiger partial charge in [0.1, 0.15) is 12.0 Å². The zero-order valence-corrected chi connectivity index (χ0v) is 18.7. The summed E-state index contributed by atoms with van der Waals surface area (Å²) < 4.78 is 0. The van der Waals surface area contributed by atoms with Gasteiger partial charge in [0.2, 0.25) is 0 Å². The number of amides is 2. The molecular weight excluding hydrogens is 438 g/mol. The number of rotatable bonds is 8. The van der Waals surface area contributed by atoms with Crippen LogP contribution in [0.5, 0.6) is 0 Å². The van der Waals surface area contributed by atoms with Gasteiger partial charge in [0.25, 0.3) is 11.8 Å². The molecule has 6 N–H and O–H groups in total. The molecule has 2 aliphatic carbocycles. The molecule has 178 valence electrons. The molecule has 0 bridgehead atoms. The van der Waals surface area contributed by atoms with E-state index < -0.39 is 17.9 Å². The van der Waals surface area contributed by atoms with E-state index in [4.69, 9.17) is 5.73 Å². The normalized spacial score (nSPS) is 20.6. The fourth-order valence-electron chi connectivity index (χ4n) is 3.78. The molecule has 0 aromatic carbocycles. The second-order valence-electron chi connectivity index (χ2n) is 8.20. The first-order valence-electron chi connectivity index (χ1n) is 11.1. The maximum Gasteiger partial charge on any atom is 0.278 e. The van der Waals surface area contributed by atoms with Crippen LogP contribution in [0.1, 0.15) is 54.2 Å². The number of carbonyl (C=O) groups is 2. The highest BCUT2D eigenvalue weighted by Gasteiger charge is 2.30. The summed E-state index contributed by atoms with van der Waals surface area (Å²) in [7, 11) is 1.42. The van der Waals surface area contributed by atoms with E-state index in [2.05, 4.69) is 40.9 Å². The van der Waals surface area contributed by atoms with Crippen molar-refractivity contribution in [3.63, 3.8) is 0 Å². The van der Waals surface area contributed by atoms with Crippen molar-refractivity contribution < 1.29 is 14.7 Å². The van der Waals surface area contributed by atoms with E-state index in [0.29, 0.717) is 18.5 Å². The second-order valence-corrected chi connectivity index (χ2v) is 8.20. The van der Waals surface area contributed by atoms with Crippen LogP contribution in [-0.2, 0) is 4.79 Å². The van der Waals surface area contributed by atoms with Crippen molar-refractivity contribution >= 4 is 29.0 Å². The molecule has 2 saturated carbocycles. The number of aliphatic hydroxyl groups excluding tert-OH is 1. The SMILES string of the molecule is CN=C(C(=O)NC1CCCC1O)C(=CN)NC(=O)c1nc(C2CC2)cnc1Nc1cncnc1. The maximum atomic E-state index is 13.3. The van der Waals surface area contributed by atoms with Crippen LogP contribution in [0.15, 0.2) is 41.8 Å². The number of hydrogen-bond donors (Lipinski definition) is 5. The lowest BCUT2D eigenvalue weighted by atomic mass is 10.2. The average Bonchev–Trinajstić information content (AvgIpc) is 3.62. The fourth-order valence-corrected chi connectivity index (χ4v) is 3.78. The molecule has 2 aromatic rings. The van der Waals surface area contributed by atoms with Gasteiger partial charge in [0, 0.05) is 19.2 Å². The summed E-state index contributed by atoms with van der Waals surface area (Å²) in [5.74, 6) is -0.667. The molecule has 12 nitrogen and oxygen atoms in total. The quantitative estimate of drug-likeness (QED) is 0.347. The van der Waals surface area contributed by atoms with Gasteiger partial charge in [-0.3, -0.25) is 14.6 Å². The Kier molecular flexibility index (Phi) is 7.07. The number of aliphatic imine (C=N–C) groups is 1. The summed E-state index contributed by atoms with van der Waals surface area (Å²) in [6.45, 7) is 0. The van der Waals surface area contributed by atoms with Crippen molar-refractivity contribution in [3.05, 3.63) is 48.2 Å². The smallest absolute Gasteiger partial charge is 0.278 e. The van der Waals surface area contributed by atoms with Crippen LogP contribution in [0.3, 0.4) is 0 Å². The predicted octanol–water partition coefficient (Wildman–Crippen LogP) is 0.518. The van der Waals surface area contributed by atoms with Crippen LogP contribution in [0, 0.1) is 0 Å². The minimum atomic E-state index is -0.613. The van der Waals surface area contributed by atoms with Crippen LogP contribution in [-0.4, -0.2) is 61.8 Å². The fraction of sp³-hybridized carbons (Fsp3) is 0.409. The Labute approximate surface area is 196 Å². The summed E-state index contributed by atoms with van der Waals surface area (Å²) in [6.07, 6.45) is 10.7. The first kappa shape index (κ1) is 23.2. The van der Waals surface area contributed by atoms with E-state index in [9.17, 15) is 14.7 Å². The Morgan fingerprint density at radius 2 is 1.94 bits per heavy atom. The third-order valence-corrected chi connectivity index (χ3v) is 5.73. The Morgan fingerprint density at radius 1 is 1.18 bits per heavy atom. The highest BCUT2D eigenvalue weighted by molar-refractivity contribution is 6.45. The summed E-state index contributed by atoms with van der Waals surface area (Å²) in [5.41, 5.74) is 6.99. The molecule has 4 rings (SSSR count). The molecule has 2 unspecified atom stereocenters.